The Morgan fingerprint density at radius 3 is 2.50 bits per heavy atom. The third-order valence-electron chi connectivity index (χ3n) is 5.19. The van der Waals surface area contributed by atoms with Gasteiger partial charge in [0.05, 0.1) is 16.7 Å². The quantitative estimate of drug-likeness (QED) is 0.805. The number of aromatic nitrogens is 2. The van der Waals surface area contributed by atoms with E-state index in [1.807, 2.05) is 12.1 Å². The van der Waals surface area contributed by atoms with Crippen LogP contribution in [0.4, 0.5) is 0 Å². The number of benzene rings is 1. The van der Waals surface area contributed by atoms with Crippen LogP contribution >= 0.6 is 0 Å². The van der Waals surface area contributed by atoms with Gasteiger partial charge in [0.1, 0.15) is 0 Å². The summed E-state index contributed by atoms with van der Waals surface area (Å²) in [6, 6.07) is 5.48. The number of sulfonamides is 1. The summed E-state index contributed by atoms with van der Waals surface area (Å²) in [5, 5.41) is 4.02. The van der Waals surface area contributed by atoms with Gasteiger partial charge in [-0.2, -0.15) is 9.40 Å². The van der Waals surface area contributed by atoms with Gasteiger partial charge in [0.2, 0.25) is 10.0 Å². The highest BCUT2D eigenvalue weighted by Crippen LogP contribution is 2.26. The fourth-order valence-corrected chi connectivity index (χ4v) is 5.18. The van der Waals surface area contributed by atoms with E-state index in [4.69, 9.17) is 0 Å². The van der Waals surface area contributed by atoms with Gasteiger partial charge in [-0.25, -0.2) is 8.42 Å². The smallest absolute Gasteiger partial charge is 0.257 e. The molecule has 1 amide bonds. The molecule has 4 rings (SSSR count). The van der Waals surface area contributed by atoms with Crippen molar-refractivity contribution in [1.29, 1.82) is 0 Å². The minimum Gasteiger partial charge on any atom is -0.336 e. The summed E-state index contributed by atoms with van der Waals surface area (Å²) in [6.45, 7) is 1.40. The van der Waals surface area contributed by atoms with Crippen LogP contribution in [0.2, 0.25) is 0 Å². The first-order chi connectivity index (χ1) is 12.4. The normalized spacial score (nSPS) is 18.1. The van der Waals surface area contributed by atoms with Crippen LogP contribution in [0.25, 0.3) is 0 Å². The van der Waals surface area contributed by atoms with Crippen molar-refractivity contribution in [2.45, 2.75) is 24.2 Å². The van der Waals surface area contributed by atoms with Gasteiger partial charge in [0, 0.05) is 39.4 Å². The summed E-state index contributed by atoms with van der Waals surface area (Å²) >= 11 is 0. The van der Waals surface area contributed by atoms with Crippen molar-refractivity contribution in [3.8, 4) is 0 Å². The maximum Gasteiger partial charge on any atom is 0.257 e. The monoisotopic (exact) mass is 374 g/mol. The number of hydrogen-bond donors (Lipinski definition) is 0. The summed E-state index contributed by atoms with van der Waals surface area (Å²) in [5.74, 6) is -0.104. The van der Waals surface area contributed by atoms with Gasteiger partial charge < -0.3 is 4.90 Å². The molecule has 1 aromatic heterocycles. The SMILES string of the molecule is Cn1cc(C(=O)N2CCN(S(=O)(=O)c3ccc4c(c3)CCC4)CC2)cn1. The predicted molar refractivity (Wildman–Crippen MR) is 96.3 cm³/mol. The molecule has 7 nitrogen and oxygen atoms in total. The van der Waals surface area contributed by atoms with Crippen molar-refractivity contribution in [2.75, 3.05) is 26.2 Å². The highest BCUT2D eigenvalue weighted by Gasteiger charge is 2.31. The zero-order valence-corrected chi connectivity index (χ0v) is 15.6. The van der Waals surface area contributed by atoms with Crippen LogP contribution < -0.4 is 0 Å². The average molecular weight is 374 g/mol. The Hall–Kier alpha value is -2.19. The molecule has 138 valence electrons. The standard InChI is InChI=1S/C18H22N4O3S/c1-20-13-16(12-19-20)18(23)21-7-9-22(10-8-21)26(24,25)17-6-5-14-3-2-4-15(14)11-17/h5-6,11-13H,2-4,7-10H2,1H3. The minimum absolute atomic E-state index is 0.104. The van der Waals surface area contributed by atoms with Crippen LogP contribution in [0.1, 0.15) is 27.9 Å². The summed E-state index contributed by atoms with van der Waals surface area (Å²) in [7, 11) is -1.75. The zero-order chi connectivity index (χ0) is 18.3. The molecular formula is C18H22N4O3S. The average Bonchev–Trinajstić information content (AvgIpc) is 3.29. The van der Waals surface area contributed by atoms with Crippen molar-refractivity contribution >= 4 is 15.9 Å². The fraction of sp³-hybridized carbons (Fsp3) is 0.444. The topological polar surface area (TPSA) is 75.5 Å². The predicted octanol–water partition coefficient (Wildman–Crippen LogP) is 1.06. The van der Waals surface area contributed by atoms with Crippen molar-refractivity contribution in [3.63, 3.8) is 0 Å². The lowest BCUT2D eigenvalue weighted by Crippen LogP contribution is -2.50. The van der Waals surface area contributed by atoms with E-state index in [2.05, 4.69) is 5.10 Å². The molecule has 0 bridgehead atoms. The molecule has 1 aliphatic heterocycles. The third-order valence-corrected chi connectivity index (χ3v) is 7.08. The Labute approximate surface area is 153 Å². The minimum atomic E-state index is -3.51. The molecule has 0 spiro atoms. The number of amides is 1. The Morgan fingerprint density at radius 1 is 1.08 bits per heavy atom. The second-order valence-corrected chi connectivity index (χ2v) is 8.82. The number of rotatable bonds is 3. The Kier molecular flexibility index (Phi) is 4.32. The van der Waals surface area contributed by atoms with Crippen LogP contribution in [-0.4, -0.2) is 59.5 Å². The number of carbonyl (C=O) groups is 1. The first-order valence-electron chi connectivity index (χ1n) is 8.85. The van der Waals surface area contributed by atoms with Gasteiger partial charge in [-0.1, -0.05) is 6.07 Å². The number of piperazine rings is 1. The molecular weight excluding hydrogens is 352 g/mol. The molecule has 1 fully saturated rings. The molecule has 2 aliphatic rings. The Balaban J connectivity index is 1.46. The van der Waals surface area contributed by atoms with E-state index in [0.717, 1.165) is 24.8 Å². The van der Waals surface area contributed by atoms with Crippen LogP contribution in [0.5, 0.6) is 0 Å². The number of nitrogens with zero attached hydrogens (tertiary/aromatic N) is 4. The van der Waals surface area contributed by atoms with E-state index in [1.54, 1.807) is 28.9 Å². The number of fused-ring (bicyclic) bond motifs is 1. The van der Waals surface area contributed by atoms with Crippen molar-refractivity contribution in [1.82, 2.24) is 19.0 Å². The van der Waals surface area contributed by atoms with Gasteiger partial charge in [-0.15, -0.1) is 0 Å². The molecule has 8 heteroatoms. The summed E-state index contributed by atoms with van der Waals surface area (Å²) in [6.07, 6.45) is 6.29. The van der Waals surface area contributed by atoms with Crippen LogP contribution in [0.15, 0.2) is 35.5 Å². The van der Waals surface area contributed by atoms with Crippen molar-refractivity contribution in [2.24, 2.45) is 7.05 Å². The van der Waals surface area contributed by atoms with Gasteiger partial charge in [-0.05, 0) is 42.5 Å². The molecule has 1 aromatic carbocycles. The largest absolute Gasteiger partial charge is 0.336 e. The molecule has 2 aromatic rings. The lowest BCUT2D eigenvalue weighted by Gasteiger charge is -2.33. The second-order valence-electron chi connectivity index (χ2n) is 6.88. The van der Waals surface area contributed by atoms with E-state index in [0.29, 0.717) is 36.6 Å². The van der Waals surface area contributed by atoms with E-state index in [-0.39, 0.29) is 5.91 Å². The molecule has 1 saturated heterocycles. The zero-order valence-electron chi connectivity index (χ0n) is 14.8. The first kappa shape index (κ1) is 17.2. The van der Waals surface area contributed by atoms with Gasteiger partial charge in [0.15, 0.2) is 0 Å². The second kappa shape index (κ2) is 6.51. The molecule has 0 radical (unpaired) electrons. The molecule has 0 saturated carbocycles. The number of aryl methyl sites for hydroxylation is 3. The van der Waals surface area contributed by atoms with Gasteiger partial charge in [-0.3, -0.25) is 9.48 Å². The highest BCUT2D eigenvalue weighted by atomic mass is 32.2. The molecule has 26 heavy (non-hydrogen) atoms. The van der Waals surface area contributed by atoms with E-state index >= 15 is 0 Å². The third kappa shape index (κ3) is 3.03. The molecule has 0 atom stereocenters. The summed E-state index contributed by atoms with van der Waals surface area (Å²) < 4.78 is 29.0. The van der Waals surface area contributed by atoms with E-state index in [1.165, 1.54) is 16.1 Å². The lowest BCUT2D eigenvalue weighted by molar-refractivity contribution is 0.0698. The van der Waals surface area contributed by atoms with E-state index < -0.39 is 10.0 Å². The molecule has 2 heterocycles. The maximum absolute atomic E-state index is 12.9. The maximum atomic E-state index is 12.9. The first-order valence-corrected chi connectivity index (χ1v) is 10.3. The highest BCUT2D eigenvalue weighted by molar-refractivity contribution is 7.89. The van der Waals surface area contributed by atoms with Gasteiger partial charge in [0.25, 0.3) is 5.91 Å². The Bertz CT molecular complexity index is 943. The molecule has 1 aliphatic carbocycles. The van der Waals surface area contributed by atoms with Crippen LogP contribution in [0, 0.1) is 0 Å². The summed E-state index contributed by atoms with van der Waals surface area (Å²) in [4.78, 5) is 14.5. The molecule has 0 unspecified atom stereocenters. The molecule has 0 N–H and O–H groups in total. The number of carbonyl (C=O) groups excluding carboxylic acids is 1. The Morgan fingerprint density at radius 2 is 1.81 bits per heavy atom. The van der Waals surface area contributed by atoms with Crippen LogP contribution in [0.3, 0.4) is 0 Å². The fourth-order valence-electron chi connectivity index (χ4n) is 3.70. The van der Waals surface area contributed by atoms with Crippen LogP contribution in [-0.2, 0) is 29.9 Å². The van der Waals surface area contributed by atoms with Crippen molar-refractivity contribution < 1.29 is 13.2 Å². The van der Waals surface area contributed by atoms with E-state index in [9.17, 15) is 13.2 Å². The van der Waals surface area contributed by atoms with Crippen molar-refractivity contribution in [3.05, 3.63) is 47.3 Å². The lowest BCUT2D eigenvalue weighted by atomic mass is 10.1. The summed E-state index contributed by atoms with van der Waals surface area (Å²) in [5.41, 5.74) is 2.94. The number of hydrogen-bond acceptors (Lipinski definition) is 4. The van der Waals surface area contributed by atoms with Gasteiger partial charge >= 0.3 is 0 Å².